The molecule has 0 aliphatic carbocycles. The van der Waals surface area contributed by atoms with Crippen molar-refractivity contribution in [2.24, 2.45) is 0 Å². The number of nitrogens with one attached hydrogen (secondary N) is 1. The monoisotopic (exact) mass is 288 g/mol. The number of nitrogens with zero attached hydrogens (tertiary/aromatic N) is 1. The number of benzene rings is 1. The van der Waals surface area contributed by atoms with Crippen LogP contribution < -0.4 is 5.32 Å². The molecule has 110 valence electrons. The number of hydrogen-bond donors (Lipinski definition) is 3. The maximum absolute atomic E-state index is 9.10. The lowest BCUT2D eigenvalue weighted by Crippen LogP contribution is -2.12. The summed E-state index contributed by atoms with van der Waals surface area (Å²) in [6, 6.07) is 14.4. The molecule has 6 nitrogen and oxygen atoms in total. The average Bonchev–Trinajstić information content (AvgIpc) is 2.50. The lowest BCUT2D eigenvalue weighted by molar-refractivity contribution is -0.159. The molecule has 0 amide bonds. The Morgan fingerprint density at radius 1 is 0.905 bits per heavy atom. The van der Waals surface area contributed by atoms with Gasteiger partial charge in [-0.05, 0) is 17.2 Å². The summed E-state index contributed by atoms with van der Waals surface area (Å²) in [5.41, 5.74) is 2.52. The fraction of sp³-hybridized carbons (Fsp3) is 0.133. The van der Waals surface area contributed by atoms with Crippen LogP contribution in [-0.2, 0) is 22.7 Å². The van der Waals surface area contributed by atoms with E-state index < -0.39 is 11.9 Å². The molecule has 0 bridgehead atoms. The van der Waals surface area contributed by atoms with Crippen LogP contribution in [0.4, 0.5) is 0 Å². The van der Waals surface area contributed by atoms with Crippen LogP contribution in [-0.4, -0.2) is 27.1 Å². The topological polar surface area (TPSA) is 99.5 Å². The van der Waals surface area contributed by atoms with Gasteiger partial charge in [-0.3, -0.25) is 4.98 Å². The normalized spacial score (nSPS) is 9.33. The predicted molar refractivity (Wildman–Crippen MR) is 76.5 cm³/mol. The van der Waals surface area contributed by atoms with Gasteiger partial charge >= 0.3 is 11.9 Å². The van der Waals surface area contributed by atoms with Crippen LogP contribution in [0.2, 0.25) is 0 Å². The predicted octanol–water partition coefficient (Wildman–Crippen LogP) is 1.53. The fourth-order valence-electron chi connectivity index (χ4n) is 1.45. The van der Waals surface area contributed by atoms with Gasteiger partial charge in [0.15, 0.2) is 0 Å². The Morgan fingerprint density at radius 2 is 1.48 bits per heavy atom. The van der Waals surface area contributed by atoms with Crippen LogP contribution in [0.25, 0.3) is 0 Å². The molecule has 0 unspecified atom stereocenters. The van der Waals surface area contributed by atoms with Gasteiger partial charge < -0.3 is 15.5 Å². The molecule has 0 atom stereocenters. The fourth-order valence-corrected chi connectivity index (χ4v) is 1.45. The van der Waals surface area contributed by atoms with Gasteiger partial charge in [0.05, 0.1) is 0 Å². The standard InChI is InChI=1S/C13H14N2.C2H2O4/c1-2-5-12(6-3-1)9-15-11-13-7-4-8-14-10-13;3-1(4)2(5)6/h1-8,10,15H,9,11H2;(H,3,4)(H,5,6). The molecule has 1 aromatic heterocycles. The molecule has 0 saturated carbocycles. The van der Waals surface area contributed by atoms with Gasteiger partial charge in [0.2, 0.25) is 0 Å². The lowest BCUT2D eigenvalue weighted by atomic mass is 10.2. The molecule has 3 N–H and O–H groups in total. The van der Waals surface area contributed by atoms with Gasteiger partial charge in [-0.1, -0.05) is 36.4 Å². The summed E-state index contributed by atoms with van der Waals surface area (Å²) in [4.78, 5) is 22.3. The van der Waals surface area contributed by atoms with E-state index in [1.807, 2.05) is 18.3 Å². The number of aliphatic carboxylic acids is 2. The SMILES string of the molecule is O=C(O)C(=O)O.c1ccc(CNCc2cccnc2)cc1. The van der Waals surface area contributed by atoms with E-state index in [4.69, 9.17) is 19.8 Å². The van der Waals surface area contributed by atoms with E-state index in [0.717, 1.165) is 13.1 Å². The third-order valence-corrected chi connectivity index (χ3v) is 2.41. The number of hydrogen-bond acceptors (Lipinski definition) is 4. The zero-order valence-electron chi connectivity index (χ0n) is 11.3. The largest absolute Gasteiger partial charge is 0.473 e. The van der Waals surface area contributed by atoms with E-state index in [2.05, 4.69) is 40.6 Å². The number of aromatic nitrogens is 1. The molecule has 21 heavy (non-hydrogen) atoms. The van der Waals surface area contributed by atoms with Crippen LogP contribution in [0.3, 0.4) is 0 Å². The highest BCUT2D eigenvalue weighted by molar-refractivity contribution is 6.27. The molecule has 6 heteroatoms. The van der Waals surface area contributed by atoms with Gasteiger partial charge in [0.1, 0.15) is 0 Å². The van der Waals surface area contributed by atoms with Gasteiger partial charge in [0, 0.05) is 25.5 Å². The van der Waals surface area contributed by atoms with Crippen molar-refractivity contribution in [2.45, 2.75) is 13.1 Å². The van der Waals surface area contributed by atoms with Crippen LogP contribution >= 0.6 is 0 Å². The van der Waals surface area contributed by atoms with Crippen molar-refractivity contribution >= 4 is 11.9 Å². The molecule has 1 aromatic carbocycles. The minimum atomic E-state index is -1.82. The molecule has 2 rings (SSSR count). The van der Waals surface area contributed by atoms with Gasteiger partial charge in [-0.15, -0.1) is 0 Å². The van der Waals surface area contributed by atoms with E-state index in [1.165, 1.54) is 11.1 Å². The van der Waals surface area contributed by atoms with E-state index in [-0.39, 0.29) is 0 Å². The maximum Gasteiger partial charge on any atom is 0.414 e. The second-order valence-corrected chi connectivity index (χ2v) is 4.06. The van der Waals surface area contributed by atoms with Crippen LogP contribution in [0.5, 0.6) is 0 Å². The first kappa shape index (κ1) is 16.3. The van der Waals surface area contributed by atoms with Crippen molar-refractivity contribution in [3.63, 3.8) is 0 Å². The quantitative estimate of drug-likeness (QED) is 0.738. The molecule has 0 aliphatic rings. The van der Waals surface area contributed by atoms with Gasteiger partial charge in [-0.2, -0.15) is 0 Å². The molecular formula is C15H16N2O4. The summed E-state index contributed by atoms with van der Waals surface area (Å²) in [5, 5.41) is 18.2. The van der Waals surface area contributed by atoms with E-state index in [0.29, 0.717) is 0 Å². The second kappa shape index (κ2) is 9.22. The van der Waals surface area contributed by atoms with Crippen molar-refractivity contribution in [3.8, 4) is 0 Å². The summed E-state index contributed by atoms with van der Waals surface area (Å²) >= 11 is 0. The van der Waals surface area contributed by atoms with Crippen LogP contribution in [0.1, 0.15) is 11.1 Å². The first-order chi connectivity index (χ1) is 10.1. The van der Waals surface area contributed by atoms with Crippen molar-refractivity contribution < 1.29 is 19.8 Å². The smallest absolute Gasteiger partial charge is 0.414 e. The summed E-state index contributed by atoms with van der Waals surface area (Å²) in [7, 11) is 0. The van der Waals surface area contributed by atoms with Crippen molar-refractivity contribution in [2.75, 3.05) is 0 Å². The third-order valence-electron chi connectivity index (χ3n) is 2.41. The Balaban J connectivity index is 0.000000315. The second-order valence-electron chi connectivity index (χ2n) is 4.06. The maximum atomic E-state index is 9.10. The number of carboxylic acids is 2. The number of rotatable bonds is 4. The van der Waals surface area contributed by atoms with Crippen molar-refractivity contribution in [1.82, 2.24) is 10.3 Å². The van der Waals surface area contributed by atoms with Gasteiger partial charge in [0.25, 0.3) is 0 Å². The Bertz CT molecular complexity index is 507. The van der Waals surface area contributed by atoms with Crippen molar-refractivity contribution in [1.29, 1.82) is 0 Å². The third kappa shape index (κ3) is 7.44. The minimum absolute atomic E-state index is 0.864. The first-order valence-corrected chi connectivity index (χ1v) is 6.19. The Hall–Kier alpha value is -2.73. The van der Waals surface area contributed by atoms with E-state index >= 15 is 0 Å². The molecule has 0 saturated heterocycles. The van der Waals surface area contributed by atoms with Crippen LogP contribution in [0, 0.1) is 0 Å². The zero-order valence-corrected chi connectivity index (χ0v) is 11.3. The number of carbonyl (C=O) groups is 2. The molecule has 0 spiro atoms. The lowest BCUT2D eigenvalue weighted by Gasteiger charge is -2.04. The Labute approximate surface area is 122 Å². The summed E-state index contributed by atoms with van der Waals surface area (Å²) in [5.74, 6) is -3.65. The van der Waals surface area contributed by atoms with Crippen molar-refractivity contribution in [3.05, 3.63) is 66.0 Å². The highest BCUT2D eigenvalue weighted by Crippen LogP contribution is 1.99. The Kier molecular flexibility index (Phi) is 7.17. The average molecular weight is 288 g/mol. The summed E-state index contributed by atoms with van der Waals surface area (Å²) < 4.78 is 0. The molecular weight excluding hydrogens is 272 g/mol. The number of pyridine rings is 1. The Morgan fingerprint density at radius 3 is 2.00 bits per heavy atom. The first-order valence-electron chi connectivity index (χ1n) is 6.19. The molecule has 0 fully saturated rings. The number of carboxylic acid groups (broad SMARTS) is 2. The molecule has 0 radical (unpaired) electrons. The minimum Gasteiger partial charge on any atom is -0.473 e. The van der Waals surface area contributed by atoms with Crippen LogP contribution in [0.15, 0.2) is 54.9 Å². The zero-order chi connectivity index (χ0) is 15.5. The summed E-state index contributed by atoms with van der Waals surface area (Å²) in [6.45, 7) is 1.76. The highest BCUT2D eigenvalue weighted by atomic mass is 16.4. The van der Waals surface area contributed by atoms with E-state index in [1.54, 1.807) is 6.20 Å². The molecule has 1 heterocycles. The van der Waals surface area contributed by atoms with E-state index in [9.17, 15) is 0 Å². The van der Waals surface area contributed by atoms with Gasteiger partial charge in [-0.25, -0.2) is 9.59 Å². The highest BCUT2D eigenvalue weighted by Gasteiger charge is 2.04. The molecule has 0 aliphatic heterocycles. The summed E-state index contributed by atoms with van der Waals surface area (Å²) in [6.07, 6.45) is 3.68. The molecule has 2 aromatic rings.